The van der Waals surface area contributed by atoms with E-state index >= 15 is 0 Å². The lowest BCUT2D eigenvalue weighted by atomic mass is 10.3. The number of hydrogen-bond donors (Lipinski definition) is 0. The van der Waals surface area contributed by atoms with Gasteiger partial charge in [-0.2, -0.15) is 5.26 Å². The van der Waals surface area contributed by atoms with Gasteiger partial charge in [0.15, 0.2) is 11.5 Å². The van der Waals surface area contributed by atoms with E-state index in [1.165, 1.54) is 0 Å². The predicted octanol–water partition coefficient (Wildman–Crippen LogP) is 1.86. The number of aromatic nitrogens is 3. The maximum atomic E-state index is 8.83. The zero-order valence-electron chi connectivity index (χ0n) is 8.16. The van der Waals surface area contributed by atoms with Crippen LogP contribution < -0.4 is 0 Å². The van der Waals surface area contributed by atoms with Crippen molar-refractivity contribution in [1.82, 2.24) is 14.6 Å². The summed E-state index contributed by atoms with van der Waals surface area (Å²) in [5.41, 5.74) is 2.11. The minimum Gasteiger partial charge on any atom is -0.472 e. The Kier molecular flexibility index (Phi) is 1.74. The molecule has 0 amide bonds. The Labute approximate surface area is 90.6 Å². The van der Waals surface area contributed by atoms with E-state index in [2.05, 4.69) is 16.3 Å². The Morgan fingerprint density at radius 3 is 2.94 bits per heavy atom. The van der Waals surface area contributed by atoms with Gasteiger partial charge in [-0.1, -0.05) is 0 Å². The van der Waals surface area contributed by atoms with E-state index in [-0.39, 0.29) is 0 Å². The molecule has 0 unspecified atom stereocenters. The van der Waals surface area contributed by atoms with Crippen molar-refractivity contribution >= 4 is 5.65 Å². The molecule has 0 aliphatic rings. The molecule has 3 aromatic heterocycles. The lowest BCUT2D eigenvalue weighted by Gasteiger charge is -1.96. The molecule has 0 saturated carbocycles. The Morgan fingerprint density at radius 2 is 2.19 bits per heavy atom. The van der Waals surface area contributed by atoms with Gasteiger partial charge in [0.2, 0.25) is 0 Å². The molecule has 0 saturated heterocycles. The first-order valence-corrected chi connectivity index (χ1v) is 4.66. The summed E-state index contributed by atoms with van der Waals surface area (Å²) in [6.07, 6.45) is 4.87. The normalized spacial score (nSPS) is 10.4. The lowest BCUT2D eigenvalue weighted by Crippen LogP contribution is -1.89. The van der Waals surface area contributed by atoms with Gasteiger partial charge in [-0.3, -0.25) is 4.40 Å². The van der Waals surface area contributed by atoms with Gasteiger partial charge < -0.3 is 4.42 Å². The van der Waals surface area contributed by atoms with Crippen LogP contribution in [0.4, 0.5) is 0 Å². The van der Waals surface area contributed by atoms with E-state index in [9.17, 15) is 0 Å². The van der Waals surface area contributed by atoms with E-state index in [1.54, 1.807) is 41.3 Å². The van der Waals surface area contributed by atoms with Gasteiger partial charge in [-0.15, -0.1) is 10.2 Å². The van der Waals surface area contributed by atoms with Crippen molar-refractivity contribution in [2.45, 2.75) is 0 Å². The molecule has 0 aliphatic carbocycles. The second-order valence-corrected chi connectivity index (χ2v) is 3.29. The largest absolute Gasteiger partial charge is 0.472 e. The molecule has 0 spiro atoms. The Balaban J connectivity index is 2.31. The van der Waals surface area contributed by atoms with Gasteiger partial charge in [0, 0.05) is 6.20 Å². The van der Waals surface area contributed by atoms with Crippen LogP contribution in [0.25, 0.3) is 17.0 Å². The second kappa shape index (κ2) is 3.21. The molecule has 0 radical (unpaired) electrons. The highest BCUT2D eigenvalue weighted by molar-refractivity contribution is 5.58. The van der Waals surface area contributed by atoms with Crippen molar-refractivity contribution in [2.24, 2.45) is 0 Å². The molecule has 3 heterocycles. The van der Waals surface area contributed by atoms with Gasteiger partial charge >= 0.3 is 0 Å². The fraction of sp³-hybridized carbons (Fsp3) is 0. The van der Waals surface area contributed by atoms with E-state index in [4.69, 9.17) is 9.68 Å². The maximum absolute atomic E-state index is 8.83. The Hall–Kier alpha value is -2.61. The molecule has 5 heteroatoms. The zero-order chi connectivity index (χ0) is 11.0. The van der Waals surface area contributed by atoms with Crippen LogP contribution in [-0.2, 0) is 0 Å². The monoisotopic (exact) mass is 210 g/mol. The van der Waals surface area contributed by atoms with Crippen LogP contribution in [-0.4, -0.2) is 14.6 Å². The van der Waals surface area contributed by atoms with Crippen LogP contribution in [0.3, 0.4) is 0 Å². The van der Waals surface area contributed by atoms with E-state index in [1.807, 2.05) is 0 Å². The third-order valence-corrected chi connectivity index (χ3v) is 2.31. The van der Waals surface area contributed by atoms with Crippen LogP contribution in [0.2, 0.25) is 0 Å². The fourth-order valence-electron chi connectivity index (χ4n) is 1.55. The van der Waals surface area contributed by atoms with Crippen molar-refractivity contribution in [2.75, 3.05) is 0 Å². The van der Waals surface area contributed by atoms with Gasteiger partial charge in [0.25, 0.3) is 0 Å². The summed E-state index contributed by atoms with van der Waals surface area (Å²) in [5.74, 6) is 0.667. The molecule has 0 N–H and O–H groups in total. The summed E-state index contributed by atoms with van der Waals surface area (Å²) in [6.45, 7) is 0. The Morgan fingerprint density at radius 1 is 1.25 bits per heavy atom. The zero-order valence-corrected chi connectivity index (χ0v) is 8.16. The first kappa shape index (κ1) is 8.68. The number of nitriles is 1. The molecule has 5 nitrogen and oxygen atoms in total. The molecular formula is C11H6N4O. The van der Waals surface area contributed by atoms with Crippen molar-refractivity contribution in [3.63, 3.8) is 0 Å². The number of pyridine rings is 1. The Bertz CT molecular complexity index is 676. The third-order valence-electron chi connectivity index (χ3n) is 2.31. The van der Waals surface area contributed by atoms with E-state index < -0.39 is 0 Å². The highest BCUT2D eigenvalue weighted by Crippen LogP contribution is 2.18. The summed E-state index contributed by atoms with van der Waals surface area (Å²) < 4.78 is 6.76. The van der Waals surface area contributed by atoms with Crippen molar-refractivity contribution < 1.29 is 4.42 Å². The van der Waals surface area contributed by atoms with Gasteiger partial charge in [0.1, 0.15) is 12.3 Å². The molecule has 0 aromatic carbocycles. The quantitative estimate of drug-likeness (QED) is 0.614. The summed E-state index contributed by atoms with van der Waals surface area (Å²) in [4.78, 5) is 0. The molecular weight excluding hydrogens is 204 g/mol. The smallest absolute Gasteiger partial charge is 0.171 e. The first-order valence-electron chi connectivity index (χ1n) is 4.66. The van der Waals surface area contributed by atoms with Gasteiger partial charge in [0.05, 0.1) is 17.4 Å². The maximum Gasteiger partial charge on any atom is 0.171 e. The standard InChI is InChI=1S/C11H6N4O/c12-5-8-1-2-10-13-14-11(15(10)6-8)9-3-4-16-7-9/h1-4,6-7H. The number of fused-ring (bicyclic) bond motifs is 1. The van der Waals surface area contributed by atoms with Crippen LogP contribution in [0.15, 0.2) is 41.3 Å². The molecule has 0 bridgehead atoms. The van der Waals surface area contributed by atoms with Crippen molar-refractivity contribution in [1.29, 1.82) is 5.26 Å². The molecule has 0 aliphatic heterocycles. The average Bonchev–Trinajstić information content (AvgIpc) is 2.96. The fourth-order valence-corrected chi connectivity index (χ4v) is 1.55. The third kappa shape index (κ3) is 1.17. The van der Waals surface area contributed by atoms with Crippen molar-refractivity contribution in [3.8, 4) is 17.5 Å². The highest BCUT2D eigenvalue weighted by Gasteiger charge is 2.09. The molecule has 0 atom stereocenters. The molecule has 3 rings (SSSR count). The minimum absolute atomic E-state index is 0.567. The van der Waals surface area contributed by atoms with E-state index in [0.29, 0.717) is 17.0 Å². The SMILES string of the molecule is N#Cc1ccc2nnc(-c3ccoc3)n2c1. The second-order valence-electron chi connectivity index (χ2n) is 3.29. The highest BCUT2D eigenvalue weighted by atomic mass is 16.3. The van der Waals surface area contributed by atoms with Gasteiger partial charge in [-0.25, -0.2) is 0 Å². The molecule has 76 valence electrons. The van der Waals surface area contributed by atoms with Crippen LogP contribution >= 0.6 is 0 Å². The summed E-state index contributed by atoms with van der Waals surface area (Å²) in [5, 5.41) is 16.9. The number of furan rings is 1. The summed E-state index contributed by atoms with van der Waals surface area (Å²) in [7, 11) is 0. The van der Waals surface area contributed by atoms with Crippen LogP contribution in [0.5, 0.6) is 0 Å². The number of rotatable bonds is 1. The topological polar surface area (TPSA) is 67.1 Å². The molecule has 3 aromatic rings. The minimum atomic E-state index is 0.567. The molecule has 16 heavy (non-hydrogen) atoms. The average molecular weight is 210 g/mol. The predicted molar refractivity (Wildman–Crippen MR) is 55.4 cm³/mol. The van der Waals surface area contributed by atoms with Crippen LogP contribution in [0.1, 0.15) is 5.56 Å². The summed E-state index contributed by atoms with van der Waals surface area (Å²) in [6, 6.07) is 7.35. The number of hydrogen-bond acceptors (Lipinski definition) is 4. The van der Waals surface area contributed by atoms with Crippen LogP contribution in [0, 0.1) is 11.3 Å². The lowest BCUT2D eigenvalue weighted by molar-refractivity contribution is 0.568. The van der Waals surface area contributed by atoms with Gasteiger partial charge in [-0.05, 0) is 18.2 Å². The van der Waals surface area contributed by atoms with Crippen molar-refractivity contribution in [3.05, 3.63) is 42.5 Å². The summed E-state index contributed by atoms with van der Waals surface area (Å²) >= 11 is 0. The van der Waals surface area contributed by atoms with E-state index in [0.717, 1.165) is 5.56 Å². The number of nitrogens with zero attached hydrogens (tertiary/aromatic N) is 4. The molecule has 0 fully saturated rings. The first-order chi connectivity index (χ1) is 7.88.